The zero-order valence-corrected chi connectivity index (χ0v) is 11.5. The highest BCUT2D eigenvalue weighted by Gasteiger charge is 2.09. The van der Waals surface area contributed by atoms with E-state index < -0.39 is 9.84 Å². The average Bonchev–Trinajstić information content (AvgIpc) is 2.39. The molecule has 102 valence electrons. The molecule has 0 aliphatic rings. The first-order chi connectivity index (χ1) is 9.02. The number of rotatable bonds is 5. The van der Waals surface area contributed by atoms with Crippen molar-refractivity contribution in [1.29, 1.82) is 0 Å². The molecule has 0 heterocycles. The van der Waals surface area contributed by atoms with Gasteiger partial charge < -0.3 is 9.84 Å². The van der Waals surface area contributed by atoms with Crippen LogP contribution in [-0.2, 0) is 9.84 Å². The molecule has 1 N–H and O–H groups in total. The Balaban J connectivity index is 2.15. The van der Waals surface area contributed by atoms with E-state index >= 15 is 0 Å². The molecule has 0 atom stereocenters. The zero-order valence-electron chi connectivity index (χ0n) is 10.7. The van der Waals surface area contributed by atoms with Gasteiger partial charge in [-0.15, -0.1) is 0 Å². The van der Waals surface area contributed by atoms with E-state index in [4.69, 9.17) is 4.74 Å². The Morgan fingerprint density at radius 3 is 2.42 bits per heavy atom. The van der Waals surface area contributed by atoms with Gasteiger partial charge in [-0.2, -0.15) is 0 Å². The summed E-state index contributed by atoms with van der Waals surface area (Å²) >= 11 is 0. The van der Waals surface area contributed by atoms with Crippen LogP contribution in [-0.4, -0.2) is 31.6 Å². The van der Waals surface area contributed by atoms with Crippen molar-refractivity contribution in [3.8, 4) is 11.5 Å². The van der Waals surface area contributed by atoms with Crippen LogP contribution in [0.3, 0.4) is 0 Å². The van der Waals surface area contributed by atoms with Crippen molar-refractivity contribution in [1.82, 2.24) is 0 Å². The lowest BCUT2D eigenvalue weighted by atomic mass is 10.1. The number of phenolic OH excluding ortho intramolecular Hbond substituents is 1. The fourth-order valence-electron chi connectivity index (χ4n) is 1.75. The van der Waals surface area contributed by atoms with Gasteiger partial charge in [0.05, 0.1) is 5.75 Å². The lowest BCUT2D eigenvalue weighted by Gasteiger charge is -2.09. The van der Waals surface area contributed by atoms with Gasteiger partial charge in [0.15, 0.2) is 21.3 Å². The van der Waals surface area contributed by atoms with Gasteiger partial charge in [-0.3, -0.25) is 0 Å². The Morgan fingerprint density at radius 2 is 1.79 bits per heavy atom. The number of aromatic hydroxyl groups is 1. The van der Waals surface area contributed by atoms with Gasteiger partial charge in [0.25, 0.3) is 0 Å². The molecule has 2 aromatic rings. The maximum absolute atomic E-state index is 11.3. The number of fused-ring (bicyclic) bond motifs is 1. The minimum atomic E-state index is -3.05. The summed E-state index contributed by atoms with van der Waals surface area (Å²) in [6.45, 7) is 1.64. The molecule has 0 radical (unpaired) electrons. The lowest BCUT2D eigenvalue weighted by molar-refractivity contribution is 0.319. The molecule has 0 aromatic heterocycles. The first kappa shape index (κ1) is 13.7. The van der Waals surface area contributed by atoms with Crippen molar-refractivity contribution >= 4 is 20.6 Å². The quantitative estimate of drug-likeness (QED) is 0.913. The standard InChI is InChI=1S/C14H16O4S/c1-2-19(16,17)8-7-18-14-10-12-6-4-3-5-11(12)9-13(14)15/h3-6,9-10,15H,2,7-8H2,1H3. The van der Waals surface area contributed by atoms with Crippen LogP contribution in [0.25, 0.3) is 10.8 Å². The van der Waals surface area contributed by atoms with Crippen LogP contribution in [0.2, 0.25) is 0 Å². The van der Waals surface area contributed by atoms with Crippen LogP contribution in [0.4, 0.5) is 0 Å². The normalized spacial score (nSPS) is 11.6. The van der Waals surface area contributed by atoms with E-state index in [0.717, 1.165) is 10.8 Å². The Kier molecular flexibility index (Phi) is 3.95. The topological polar surface area (TPSA) is 63.6 Å². The lowest BCUT2D eigenvalue weighted by Crippen LogP contribution is -2.15. The molecule has 0 saturated carbocycles. The first-order valence-corrected chi connectivity index (χ1v) is 7.89. The number of hydrogen-bond acceptors (Lipinski definition) is 4. The second-order valence-electron chi connectivity index (χ2n) is 4.25. The minimum absolute atomic E-state index is 0.0209. The molecule has 0 bridgehead atoms. The third-order valence-corrected chi connectivity index (χ3v) is 4.59. The molecule has 0 aliphatic heterocycles. The SMILES string of the molecule is CCS(=O)(=O)CCOc1cc2ccccc2cc1O. The molecule has 0 aliphatic carbocycles. The Morgan fingerprint density at radius 1 is 1.16 bits per heavy atom. The first-order valence-electron chi connectivity index (χ1n) is 6.07. The Labute approximate surface area is 112 Å². The van der Waals surface area contributed by atoms with E-state index in [9.17, 15) is 13.5 Å². The van der Waals surface area contributed by atoms with Crippen LogP contribution in [0.15, 0.2) is 36.4 Å². The van der Waals surface area contributed by atoms with Gasteiger partial charge in [-0.25, -0.2) is 8.42 Å². The van der Waals surface area contributed by atoms with E-state index in [2.05, 4.69) is 0 Å². The molecule has 2 rings (SSSR count). The highest BCUT2D eigenvalue weighted by atomic mass is 32.2. The third kappa shape index (κ3) is 3.38. The highest BCUT2D eigenvalue weighted by molar-refractivity contribution is 7.91. The van der Waals surface area contributed by atoms with E-state index in [1.54, 1.807) is 19.1 Å². The predicted octanol–water partition coefficient (Wildman–Crippen LogP) is 2.36. The van der Waals surface area contributed by atoms with Crippen molar-refractivity contribution < 1.29 is 18.3 Å². The second-order valence-corrected chi connectivity index (χ2v) is 6.72. The van der Waals surface area contributed by atoms with E-state index in [1.807, 2.05) is 24.3 Å². The van der Waals surface area contributed by atoms with Gasteiger partial charge >= 0.3 is 0 Å². The third-order valence-electron chi connectivity index (χ3n) is 2.92. The molecule has 5 heteroatoms. The molecule has 0 amide bonds. The van der Waals surface area contributed by atoms with Crippen molar-refractivity contribution in [3.05, 3.63) is 36.4 Å². The minimum Gasteiger partial charge on any atom is -0.504 e. The average molecular weight is 280 g/mol. The van der Waals surface area contributed by atoms with E-state index in [-0.39, 0.29) is 23.9 Å². The van der Waals surface area contributed by atoms with Gasteiger partial charge in [-0.1, -0.05) is 31.2 Å². The summed E-state index contributed by atoms with van der Waals surface area (Å²) in [7, 11) is -3.05. The van der Waals surface area contributed by atoms with Crippen LogP contribution >= 0.6 is 0 Å². The van der Waals surface area contributed by atoms with Crippen LogP contribution in [0.5, 0.6) is 11.5 Å². The second kappa shape index (κ2) is 5.48. The number of benzene rings is 2. The number of hydrogen-bond donors (Lipinski definition) is 1. The molecular formula is C14H16O4S. The van der Waals surface area contributed by atoms with Crippen LogP contribution < -0.4 is 4.74 Å². The monoisotopic (exact) mass is 280 g/mol. The summed E-state index contributed by atoms with van der Waals surface area (Å²) < 4.78 is 28.0. The predicted molar refractivity (Wildman–Crippen MR) is 75.4 cm³/mol. The Bertz CT molecular complexity index is 677. The van der Waals surface area contributed by atoms with Crippen LogP contribution in [0, 0.1) is 0 Å². The molecule has 0 fully saturated rings. The summed E-state index contributed by atoms with van der Waals surface area (Å²) in [5, 5.41) is 11.7. The summed E-state index contributed by atoms with van der Waals surface area (Å²) in [6, 6.07) is 10.9. The molecule has 4 nitrogen and oxygen atoms in total. The molecule has 0 saturated heterocycles. The summed E-state index contributed by atoms with van der Waals surface area (Å²) in [5.74, 6) is 0.383. The highest BCUT2D eigenvalue weighted by Crippen LogP contribution is 2.31. The molecule has 0 spiro atoms. The molecule has 19 heavy (non-hydrogen) atoms. The molecule has 2 aromatic carbocycles. The molecular weight excluding hydrogens is 264 g/mol. The van der Waals surface area contributed by atoms with Crippen molar-refractivity contribution in [2.24, 2.45) is 0 Å². The van der Waals surface area contributed by atoms with Gasteiger partial charge in [0.2, 0.25) is 0 Å². The van der Waals surface area contributed by atoms with Gasteiger partial charge in [0.1, 0.15) is 6.61 Å². The summed E-state index contributed by atoms with van der Waals surface area (Å²) in [4.78, 5) is 0. The maximum atomic E-state index is 11.3. The Hall–Kier alpha value is -1.75. The fourth-order valence-corrected chi connectivity index (χ4v) is 2.37. The maximum Gasteiger partial charge on any atom is 0.161 e. The fraction of sp³-hybridized carbons (Fsp3) is 0.286. The van der Waals surface area contributed by atoms with Crippen LogP contribution in [0.1, 0.15) is 6.92 Å². The van der Waals surface area contributed by atoms with E-state index in [1.165, 1.54) is 0 Å². The number of ether oxygens (including phenoxy) is 1. The van der Waals surface area contributed by atoms with E-state index in [0.29, 0.717) is 5.75 Å². The van der Waals surface area contributed by atoms with Crippen molar-refractivity contribution in [2.45, 2.75) is 6.92 Å². The van der Waals surface area contributed by atoms with Gasteiger partial charge in [-0.05, 0) is 22.9 Å². The smallest absolute Gasteiger partial charge is 0.161 e. The zero-order chi connectivity index (χ0) is 13.9. The summed E-state index contributed by atoms with van der Waals surface area (Å²) in [6.07, 6.45) is 0. The van der Waals surface area contributed by atoms with Crippen molar-refractivity contribution in [2.75, 3.05) is 18.1 Å². The molecule has 0 unspecified atom stereocenters. The van der Waals surface area contributed by atoms with Crippen molar-refractivity contribution in [3.63, 3.8) is 0 Å². The van der Waals surface area contributed by atoms with Gasteiger partial charge in [0, 0.05) is 5.75 Å². The number of sulfone groups is 1. The largest absolute Gasteiger partial charge is 0.504 e. The number of phenols is 1. The summed E-state index contributed by atoms with van der Waals surface area (Å²) in [5.41, 5.74) is 0.